The van der Waals surface area contributed by atoms with Crippen LogP contribution in [0.2, 0.25) is 0 Å². The van der Waals surface area contributed by atoms with Crippen LogP contribution in [0.4, 0.5) is 0 Å². The minimum Gasteiger partial charge on any atom is -0.497 e. The lowest BCUT2D eigenvalue weighted by Crippen LogP contribution is -2.03. The highest BCUT2D eigenvalue weighted by molar-refractivity contribution is 5.59. The van der Waals surface area contributed by atoms with Crippen LogP contribution in [0.3, 0.4) is 0 Å². The van der Waals surface area contributed by atoms with Crippen LogP contribution >= 0.6 is 0 Å². The van der Waals surface area contributed by atoms with E-state index < -0.39 is 0 Å². The third-order valence-corrected chi connectivity index (χ3v) is 4.11. The molecule has 0 unspecified atom stereocenters. The second kappa shape index (κ2) is 6.79. The first kappa shape index (κ1) is 16.0. The van der Waals surface area contributed by atoms with Gasteiger partial charge in [-0.15, -0.1) is 5.10 Å². The van der Waals surface area contributed by atoms with Gasteiger partial charge in [0.2, 0.25) is 5.82 Å². The van der Waals surface area contributed by atoms with Gasteiger partial charge in [-0.25, -0.2) is 4.68 Å². The average molecular weight is 347 g/mol. The van der Waals surface area contributed by atoms with Gasteiger partial charge in [0.1, 0.15) is 5.75 Å². The number of nitrogens with zero attached hydrogens (tertiary/aromatic N) is 5. The molecule has 2 heterocycles. The van der Waals surface area contributed by atoms with Crippen molar-refractivity contribution in [1.29, 1.82) is 0 Å². The minimum atomic E-state index is 0.413. The van der Waals surface area contributed by atoms with Crippen LogP contribution in [0.5, 0.6) is 5.75 Å². The molecule has 2 aromatic carbocycles. The largest absolute Gasteiger partial charge is 0.497 e. The normalized spacial score (nSPS) is 10.8. The Hall–Kier alpha value is -3.48. The van der Waals surface area contributed by atoms with Crippen molar-refractivity contribution in [3.05, 3.63) is 65.9 Å². The predicted octanol–water partition coefficient (Wildman–Crippen LogP) is 3.36. The molecule has 0 aliphatic carbocycles. The Labute approximate surface area is 150 Å². The van der Waals surface area contributed by atoms with Crippen molar-refractivity contribution in [2.24, 2.45) is 0 Å². The lowest BCUT2D eigenvalue weighted by molar-refractivity contribution is 0.413. The van der Waals surface area contributed by atoms with E-state index in [0.717, 1.165) is 22.6 Å². The van der Waals surface area contributed by atoms with Crippen molar-refractivity contribution in [1.82, 2.24) is 25.1 Å². The maximum atomic E-state index is 5.39. The number of ether oxygens (including phenoxy) is 1. The zero-order valence-electron chi connectivity index (χ0n) is 14.5. The second-order valence-electron chi connectivity index (χ2n) is 5.82. The third-order valence-electron chi connectivity index (χ3n) is 4.11. The fourth-order valence-electron chi connectivity index (χ4n) is 2.67. The Kier molecular flexibility index (Phi) is 4.18. The molecule has 0 radical (unpaired) electrons. The molecule has 130 valence electrons. The molecule has 0 aliphatic heterocycles. The van der Waals surface area contributed by atoms with E-state index in [1.807, 2.05) is 54.1 Å². The number of hydrogen-bond acceptors (Lipinski definition) is 6. The fourth-order valence-corrected chi connectivity index (χ4v) is 2.67. The van der Waals surface area contributed by atoms with Gasteiger partial charge in [-0.05, 0) is 30.7 Å². The standard InChI is InChI=1S/C19H17N5O2/c1-13-17(21-23-24(13)12-14-7-4-3-5-8-14)18-20-19(26-22-18)15-9-6-10-16(11-15)25-2/h3-11H,12H2,1-2H3. The molecule has 0 N–H and O–H groups in total. The lowest BCUT2D eigenvalue weighted by atomic mass is 10.2. The zero-order valence-corrected chi connectivity index (χ0v) is 14.5. The molecule has 4 rings (SSSR count). The number of methoxy groups -OCH3 is 1. The van der Waals surface area contributed by atoms with E-state index in [1.165, 1.54) is 0 Å². The van der Waals surface area contributed by atoms with E-state index in [9.17, 15) is 0 Å². The third kappa shape index (κ3) is 3.06. The molecule has 7 nitrogen and oxygen atoms in total. The zero-order chi connectivity index (χ0) is 17.9. The molecular formula is C19H17N5O2. The highest BCUT2D eigenvalue weighted by Gasteiger charge is 2.18. The van der Waals surface area contributed by atoms with Crippen LogP contribution in [0.25, 0.3) is 23.0 Å². The van der Waals surface area contributed by atoms with Crippen molar-refractivity contribution >= 4 is 0 Å². The molecule has 0 fully saturated rings. The summed E-state index contributed by atoms with van der Waals surface area (Å²) in [4.78, 5) is 4.46. The van der Waals surface area contributed by atoms with E-state index in [2.05, 4.69) is 32.6 Å². The molecule has 0 aliphatic rings. The van der Waals surface area contributed by atoms with E-state index in [0.29, 0.717) is 24.0 Å². The summed E-state index contributed by atoms with van der Waals surface area (Å²) in [6.45, 7) is 2.58. The van der Waals surface area contributed by atoms with Gasteiger partial charge in [-0.2, -0.15) is 4.98 Å². The molecule has 0 amide bonds. The average Bonchev–Trinajstić information content (AvgIpc) is 3.30. The Morgan fingerprint density at radius 1 is 1.08 bits per heavy atom. The van der Waals surface area contributed by atoms with E-state index in [4.69, 9.17) is 9.26 Å². The molecule has 26 heavy (non-hydrogen) atoms. The van der Waals surface area contributed by atoms with Crippen molar-refractivity contribution in [3.63, 3.8) is 0 Å². The van der Waals surface area contributed by atoms with E-state index in [-0.39, 0.29) is 0 Å². The van der Waals surface area contributed by atoms with Gasteiger partial charge in [0, 0.05) is 5.56 Å². The molecule has 0 bridgehead atoms. The summed E-state index contributed by atoms with van der Waals surface area (Å²) >= 11 is 0. The highest BCUT2D eigenvalue weighted by Crippen LogP contribution is 2.25. The monoisotopic (exact) mass is 347 g/mol. The van der Waals surface area contributed by atoms with Gasteiger partial charge >= 0.3 is 0 Å². The smallest absolute Gasteiger partial charge is 0.258 e. The van der Waals surface area contributed by atoms with Gasteiger partial charge in [-0.1, -0.05) is 46.8 Å². The topological polar surface area (TPSA) is 78.9 Å². The van der Waals surface area contributed by atoms with Crippen LogP contribution in [0, 0.1) is 6.92 Å². The molecule has 0 saturated heterocycles. The summed E-state index contributed by atoms with van der Waals surface area (Å²) < 4.78 is 12.5. The van der Waals surface area contributed by atoms with E-state index in [1.54, 1.807) is 7.11 Å². The van der Waals surface area contributed by atoms with Crippen LogP contribution in [0.1, 0.15) is 11.3 Å². The maximum Gasteiger partial charge on any atom is 0.258 e. The summed E-state index contributed by atoms with van der Waals surface area (Å²) in [7, 11) is 1.62. The molecular weight excluding hydrogens is 330 g/mol. The summed E-state index contributed by atoms with van der Waals surface area (Å²) in [6, 6.07) is 17.6. The van der Waals surface area contributed by atoms with Crippen molar-refractivity contribution in [3.8, 4) is 28.7 Å². The first-order chi connectivity index (χ1) is 12.7. The second-order valence-corrected chi connectivity index (χ2v) is 5.82. The first-order valence-electron chi connectivity index (χ1n) is 8.17. The summed E-state index contributed by atoms with van der Waals surface area (Å²) in [5.41, 5.74) is 3.43. The Morgan fingerprint density at radius 3 is 2.73 bits per heavy atom. The van der Waals surface area contributed by atoms with Gasteiger partial charge < -0.3 is 9.26 Å². The van der Waals surface area contributed by atoms with E-state index >= 15 is 0 Å². The Morgan fingerprint density at radius 2 is 1.92 bits per heavy atom. The molecule has 0 atom stereocenters. The minimum absolute atomic E-state index is 0.413. The van der Waals surface area contributed by atoms with Crippen molar-refractivity contribution < 1.29 is 9.26 Å². The van der Waals surface area contributed by atoms with Crippen LogP contribution < -0.4 is 4.74 Å². The van der Waals surface area contributed by atoms with Gasteiger partial charge in [0.05, 0.1) is 19.3 Å². The Balaban J connectivity index is 1.62. The van der Waals surface area contributed by atoms with Gasteiger partial charge in [-0.3, -0.25) is 0 Å². The summed E-state index contributed by atoms with van der Waals surface area (Å²) in [5, 5.41) is 12.5. The molecule has 0 spiro atoms. The van der Waals surface area contributed by atoms with Crippen LogP contribution in [-0.4, -0.2) is 32.2 Å². The predicted molar refractivity (Wildman–Crippen MR) is 95.6 cm³/mol. The molecule has 2 aromatic heterocycles. The molecule has 4 aromatic rings. The number of aromatic nitrogens is 5. The van der Waals surface area contributed by atoms with Crippen LogP contribution in [-0.2, 0) is 6.54 Å². The number of rotatable bonds is 5. The summed E-state index contributed by atoms with van der Waals surface area (Å²) in [6.07, 6.45) is 0. The molecule has 0 saturated carbocycles. The highest BCUT2D eigenvalue weighted by atomic mass is 16.5. The quantitative estimate of drug-likeness (QED) is 0.551. The lowest BCUT2D eigenvalue weighted by Gasteiger charge is -2.02. The van der Waals surface area contributed by atoms with Gasteiger partial charge in [0.25, 0.3) is 5.89 Å². The fraction of sp³-hybridized carbons (Fsp3) is 0.158. The van der Waals surface area contributed by atoms with Crippen molar-refractivity contribution in [2.45, 2.75) is 13.5 Å². The first-order valence-corrected chi connectivity index (χ1v) is 8.17. The molecule has 7 heteroatoms. The SMILES string of the molecule is COc1cccc(-c2nc(-c3nnn(Cc4ccccc4)c3C)no2)c1. The maximum absolute atomic E-state index is 5.39. The number of hydrogen-bond donors (Lipinski definition) is 0. The number of benzene rings is 2. The summed E-state index contributed by atoms with van der Waals surface area (Å²) in [5.74, 6) is 1.56. The van der Waals surface area contributed by atoms with Crippen LogP contribution in [0.15, 0.2) is 59.1 Å². The Bertz CT molecular complexity index is 1020. The van der Waals surface area contributed by atoms with Gasteiger partial charge in [0.15, 0.2) is 5.69 Å². The van der Waals surface area contributed by atoms with Crippen molar-refractivity contribution in [2.75, 3.05) is 7.11 Å².